The summed E-state index contributed by atoms with van der Waals surface area (Å²) in [6.45, 7) is 8.83. The maximum Gasteiger partial charge on any atom is 0.226 e. The van der Waals surface area contributed by atoms with Crippen LogP contribution in [0.2, 0.25) is 0 Å². The van der Waals surface area contributed by atoms with Crippen molar-refractivity contribution in [2.24, 2.45) is 29.1 Å². The molecule has 3 saturated carbocycles. The van der Waals surface area contributed by atoms with Gasteiger partial charge in [0.1, 0.15) is 12.2 Å². The van der Waals surface area contributed by atoms with Crippen molar-refractivity contribution < 1.29 is 28.4 Å². The second-order valence-corrected chi connectivity index (χ2v) is 10.2. The fourth-order valence-corrected chi connectivity index (χ4v) is 8.25. The molecular formula is C25H37FO5. The van der Waals surface area contributed by atoms with E-state index in [1.807, 2.05) is 26.8 Å². The molecule has 2 saturated heterocycles. The van der Waals surface area contributed by atoms with Crippen molar-refractivity contribution in [1.29, 1.82) is 0 Å². The van der Waals surface area contributed by atoms with E-state index in [0.29, 0.717) is 13.0 Å². The van der Waals surface area contributed by atoms with Gasteiger partial charge in [0.25, 0.3) is 0 Å². The number of ether oxygens (including phenoxy) is 4. The molecule has 174 valence electrons. The smallest absolute Gasteiger partial charge is 0.226 e. The molecule has 0 aromatic carbocycles. The van der Waals surface area contributed by atoms with Crippen LogP contribution in [0.5, 0.6) is 0 Å². The molecule has 1 N–H and O–H groups in total. The van der Waals surface area contributed by atoms with E-state index < -0.39 is 28.6 Å². The lowest BCUT2D eigenvalue weighted by Gasteiger charge is -2.60. The summed E-state index contributed by atoms with van der Waals surface area (Å²) in [5.41, 5.74) is -1.91. The number of rotatable bonds is 0. The molecule has 2 heterocycles. The molecule has 2 spiro atoms. The Kier molecular flexibility index (Phi) is 5.23. The normalized spacial score (nSPS) is 54.8. The number of allylic oxidation sites excluding steroid dienone is 4. The van der Waals surface area contributed by atoms with Crippen molar-refractivity contribution in [2.75, 3.05) is 20.2 Å². The van der Waals surface area contributed by atoms with Crippen LogP contribution in [-0.4, -0.2) is 48.5 Å². The Balaban J connectivity index is 0.000000994. The molecule has 5 fully saturated rings. The molecule has 4 aliphatic carbocycles. The van der Waals surface area contributed by atoms with E-state index in [-0.39, 0.29) is 37.3 Å². The van der Waals surface area contributed by atoms with Crippen LogP contribution < -0.4 is 0 Å². The van der Waals surface area contributed by atoms with E-state index in [2.05, 4.69) is 19.1 Å². The van der Waals surface area contributed by atoms with E-state index in [9.17, 15) is 5.11 Å². The van der Waals surface area contributed by atoms with Gasteiger partial charge in [0.05, 0.1) is 6.10 Å². The van der Waals surface area contributed by atoms with E-state index in [4.69, 9.17) is 18.9 Å². The maximum atomic E-state index is 17.1. The van der Waals surface area contributed by atoms with Gasteiger partial charge in [0, 0.05) is 11.3 Å². The molecule has 0 bridgehead atoms. The van der Waals surface area contributed by atoms with Crippen LogP contribution in [0.1, 0.15) is 59.8 Å². The summed E-state index contributed by atoms with van der Waals surface area (Å²) in [4.78, 5) is 0. The van der Waals surface area contributed by atoms with Gasteiger partial charge in [-0.25, -0.2) is 4.39 Å². The average molecular weight is 437 g/mol. The molecule has 0 radical (unpaired) electrons. The molecular weight excluding hydrogens is 399 g/mol. The highest BCUT2D eigenvalue weighted by Gasteiger charge is 2.77. The Hall–Kier alpha value is -0.790. The van der Waals surface area contributed by atoms with E-state index >= 15 is 4.39 Å². The third kappa shape index (κ3) is 2.49. The summed E-state index contributed by atoms with van der Waals surface area (Å²) >= 11 is 0. The largest absolute Gasteiger partial charge is 0.390 e. The number of hydrogen-bond acceptors (Lipinski definition) is 5. The van der Waals surface area contributed by atoms with Crippen LogP contribution in [0.15, 0.2) is 23.8 Å². The van der Waals surface area contributed by atoms with E-state index in [1.54, 1.807) is 0 Å². The van der Waals surface area contributed by atoms with Gasteiger partial charge < -0.3 is 24.1 Å². The minimum Gasteiger partial charge on any atom is -0.390 e. The van der Waals surface area contributed by atoms with Crippen LogP contribution in [0.4, 0.5) is 4.39 Å². The highest BCUT2D eigenvalue weighted by atomic mass is 19.1. The summed E-state index contributed by atoms with van der Waals surface area (Å²) in [5.74, 6) is -0.868. The van der Waals surface area contributed by atoms with Crippen LogP contribution >= 0.6 is 0 Å². The second kappa shape index (κ2) is 7.36. The second-order valence-electron chi connectivity index (χ2n) is 10.2. The van der Waals surface area contributed by atoms with Gasteiger partial charge in [0.2, 0.25) is 5.79 Å². The number of aliphatic hydroxyl groups is 1. The molecule has 0 aromatic rings. The number of aliphatic hydroxyl groups excluding tert-OH is 1. The third-order valence-corrected chi connectivity index (χ3v) is 9.44. The van der Waals surface area contributed by atoms with Gasteiger partial charge >= 0.3 is 0 Å². The standard InChI is InChI=1S/C23H31FO5.C2H6/c1-14-9-16-17-7-6-15-5-3-4-8-20(15,2)22(17,24)19(25)10-18(16)23(14)21(28-13-29-23)11-26-12-27-21;1-2/h4-5,8,14,16-19,25H,3,6-7,9-13H2,1-2H3;1-2H3/t14-,16+,17+,18?,19+,20+,21?,22+,23-;/m1./s1. The van der Waals surface area contributed by atoms with Gasteiger partial charge in [-0.1, -0.05) is 44.6 Å². The van der Waals surface area contributed by atoms with Crippen LogP contribution in [0.3, 0.4) is 0 Å². The van der Waals surface area contributed by atoms with Gasteiger partial charge in [-0.2, -0.15) is 0 Å². The van der Waals surface area contributed by atoms with Crippen molar-refractivity contribution >= 4 is 0 Å². The highest BCUT2D eigenvalue weighted by Crippen LogP contribution is 2.69. The highest BCUT2D eigenvalue weighted by molar-refractivity contribution is 5.37. The molecule has 31 heavy (non-hydrogen) atoms. The van der Waals surface area contributed by atoms with Gasteiger partial charge in [-0.3, -0.25) is 0 Å². The number of alkyl halides is 1. The quantitative estimate of drug-likeness (QED) is 0.567. The maximum absolute atomic E-state index is 17.1. The average Bonchev–Trinajstić information content (AvgIpc) is 3.47. The summed E-state index contributed by atoms with van der Waals surface area (Å²) < 4.78 is 40.9. The number of halogens is 1. The monoisotopic (exact) mass is 436 g/mol. The van der Waals surface area contributed by atoms with E-state index in [1.165, 1.54) is 0 Å². The van der Waals surface area contributed by atoms with Crippen molar-refractivity contribution in [1.82, 2.24) is 0 Å². The Morgan fingerprint density at radius 2 is 1.87 bits per heavy atom. The zero-order valence-corrected chi connectivity index (χ0v) is 19.2. The molecule has 9 atom stereocenters. The van der Waals surface area contributed by atoms with Crippen molar-refractivity contribution in [3.63, 3.8) is 0 Å². The molecule has 6 rings (SSSR count). The number of fused-ring (bicyclic) bond motifs is 7. The van der Waals surface area contributed by atoms with Crippen LogP contribution in [0, 0.1) is 29.1 Å². The third-order valence-electron chi connectivity index (χ3n) is 9.44. The minimum absolute atomic E-state index is 0.00715. The lowest BCUT2D eigenvalue weighted by atomic mass is 9.48. The molecule has 0 amide bonds. The summed E-state index contributed by atoms with van der Waals surface area (Å²) in [6, 6.07) is 0. The molecule has 2 aliphatic heterocycles. The summed E-state index contributed by atoms with van der Waals surface area (Å²) in [7, 11) is 0. The van der Waals surface area contributed by atoms with Gasteiger partial charge in [-0.15, -0.1) is 0 Å². The fraction of sp³-hybridized carbons (Fsp3) is 0.840. The minimum atomic E-state index is -1.65. The van der Waals surface area contributed by atoms with E-state index in [0.717, 1.165) is 31.3 Å². The summed E-state index contributed by atoms with van der Waals surface area (Å²) in [5, 5.41) is 11.4. The predicted molar refractivity (Wildman–Crippen MR) is 114 cm³/mol. The first kappa shape index (κ1) is 22.0. The zero-order valence-electron chi connectivity index (χ0n) is 19.2. The fourth-order valence-electron chi connectivity index (χ4n) is 8.25. The van der Waals surface area contributed by atoms with Gasteiger partial charge in [0.15, 0.2) is 19.3 Å². The topological polar surface area (TPSA) is 57.2 Å². The molecule has 0 aromatic heterocycles. The Bertz CT molecular complexity index is 770. The summed E-state index contributed by atoms with van der Waals surface area (Å²) in [6.07, 6.45) is 8.97. The lowest BCUT2D eigenvalue weighted by molar-refractivity contribution is -0.249. The predicted octanol–water partition coefficient (Wildman–Crippen LogP) is 4.50. The molecule has 6 heteroatoms. The van der Waals surface area contributed by atoms with Crippen molar-refractivity contribution in [2.45, 2.75) is 83.0 Å². The van der Waals surface area contributed by atoms with Crippen molar-refractivity contribution in [3.05, 3.63) is 23.8 Å². The van der Waals surface area contributed by atoms with Gasteiger partial charge in [-0.05, 0) is 56.8 Å². The zero-order chi connectivity index (χ0) is 22.1. The lowest BCUT2D eigenvalue weighted by Crippen LogP contribution is -2.68. The van der Waals surface area contributed by atoms with Crippen LogP contribution in [-0.2, 0) is 18.9 Å². The molecule has 5 nitrogen and oxygen atoms in total. The first-order chi connectivity index (χ1) is 14.9. The first-order valence-electron chi connectivity index (χ1n) is 12.1. The first-order valence-corrected chi connectivity index (χ1v) is 12.1. The molecule has 6 aliphatic rings. The Morgan fingerprint density at radius 1 is 1.10 bits per heavy atom. The Labute approximate surface area is 185 Å². The Morgan fingerprint density at radius 3 is 2.61 bits per heavy atom. The van der Waals surface area contributed by atoms with Crippen molar-refractivity contribution in [3.8, 4) is 0 Å². The molecule has 2 unspecified atom stereocenters. The van der Waals surface area contributed by atoms with Crippen LogP contribution in [0.25, 0.3) is 0 Å². The number of hydrogen-bond donors (Lipinski definition) is 1. The SMILES string of the molecule is CC.C[C@@H]1C[C@@H]2C(C[C@H](O)[C@@]3(F)[C@H]2CCC2=CCC=C[C@@]23C)[C@]12OCOC21COCO1.